The Balaban J connectivity index is 1.41. The van der Waals surface area contributed by atoms with Gasteiger partial charge in [-0.1, -0.05) is 0 Å². The van der Waals surface area contributed by atoms with E-state index in [-0.39, 0.29) is 17.6 Å². The molecule has 2 amide bonds. The molecule has 1 aromatic carbocycles. The van der Waals surface area contributed by atoms with E-state index < -0.39 is 0 Å². The molecular formula is C18H27N4O3+. The van der Waals surface area contributed by atoms with Gasteiger partial charge >= 0.3 is 0 Å². The van der Waals surface area contributed by atoms with Gasteiger partial charge in [-0.25, -0.2) is 0 Å². The van der Waals surface area contributed by atoms with Crippen LogP contribution < -0.4 is 15.1 Å². The number of carbonyl (C=O) groups excluding carboxylic acids is 2. The Morgan fingerprint density at radius 2 is 1.76 bits per heavy atom. The van der Waals surface area contributed by atoms with E-state index in [1.807, 2.05) is 24.1 Å². The SMILES string of the molecule is C[NH+](CC(=O)NC1CC1)CC(=O)N1CCN(c2ccc(O)cc2)CC1. The number of amides is 2. The fourth-order valence-electron chi connectivity index (χ4n) is 3.09. The first-order valence-corrected chi connectivity index (χ1v) is 8.93. The van der Waals surface area contributed by atoms with Crippen molar-refractivity contribution in [2.24, 2.45) is 0 Å². The molecule has 136 valence electrons. The second-order valence-corrected chi connectivity index (χ2v) is 7.04. The van der Waals surface area contributed by atoms with Crippen molar-refractivity contribution in [3.63, 3.8) is 0 Å². The van der Waals surface area contributed by atoms with E-state index in [4.69, 9.17) is 0 Å². The van der Waals surface area contributed by atoms with Crippen LogP contribution in [0, 0.1) is 0 Å². The van der Waals surface area contributed by atoms with Crippen molar-refractivity contribution in [2.45, 2.75) is 18.9 Å². The van der Waals surface area contributed by atoms with Gasteiger partial charge in [-0.2, -0.15) is 0 Å². The van der Waals surface area contributed by atoms with Crippen molar-refractivity contribution in [3.8, 4) is 5.75 Å². The number of nitrogens with zero attached hydrogens (tertiary/aromatic N) is 2. The summed E-state index contributed by atoms with van der Waals surface area (Å²) in [5.41, 5.74) is 1.06. The van der Waals surface area contributed by atoms with E-state index in [1.54, 1.807) is 12.1 Å². The van der Waals surface area contributed by atoms with Crippen LogP contribution in [-0.2, 0) is 9.59 Å². The average Bonchev–Trinajstić information content (AvgIpc) is 3.39. The van der Waals surface area contributed by atoms with E-state index in [1.165, 1.54) is 0 Å². The van der Waals surface area contributed by atoms with Crippen molar-refractivity contribution in [1.29, 1.82) is 0 Å². The number of nitrogens with one attached hydrogen (secondary N) is 2. The Morgan fingerprint density at radius 1 is 1.12 bits per heavy atom. The Labute approximate surface area is 148 Å². The maximum absolute atomic E-state index is 12.4. The summed E-state index contributed by atoms with van der Waals surface area (Å²) in [5.74, 6) is 0.390. The molecule has 0 bridgehead atoms. The standard InChI is InChI=1S/C18H26N4O3/c1-20(12-17(24)19-14-2-3-14)13-18(25)22-10-8-21(9-11-22)15-4-6-16(23)7-5-15/h4-7,14,23H,2-3,8-13H2,1H3,(H,19,24)/p+1. The van der Waals surface area contributed by atoms with Gasteiger partial charge in [0.15, 0.2) is 13.1 Å². The Kier molecular flexibility index (Phi) is 5.43. The fraction of sp³-hybridized carbons (Fsp3) is 0.556. The lowest BCUT2D eigenvalue weighted by Gasteiger charge is -2.36. The molecule has 3 rings (SSSR count). The first-order valence-electron chi connectivity index (χ1n) is 8.93. The summed E-state index contributed by atoms with van der Waals surface area (Å²) in [6, 6.07) is 7.51. The van der Waals surface area contributed by atoms with Crippen LogP contribution in [0.4, 0.5) is 5.69 Å². The van der Waals surface area contributed by atoms with Gasteiger partial charge in [-0.15, -0.1) is 0 Å². The number of aromatic hydroxyl groups is 1. The van der Waals surface area contributed by atoms with Gasteiger partial charge in [0.2, 0.25) is 0 Å². The maximum Gasteiger partial charge on any atom is 0.277 e. The van der Waals surface area contributed by atoms with Gasteiger partial charge < -0.3 is 25.1 Å². The van der Waals surface area contributed by atoms with Crippen molar-refractivity contribution in [1.82, 2.24) is 10.2 Å². The monoisotopic (exact) mass is 347 g/mol. The van der Waals surface area contributed by atoms with Crippen molar-refractivity contribution in [3.05, 3.63) is 24.3 Å². The molecule has 1 aliphatic heterocycles. The number of likely N-dealkylation sites (N-methyl/N-ethyl adjacent to an activating group) is 1. The topological polar surface area (TPSA) is 77.3 Å². The predicted molar refractivity (Wildman–Crippen MR) is 94.7 cm³/mol. The van der Waals surface area contributed by atoms with Crippen molar-refractivity contribution < 1.29 is 19.6 Å². The molecular weight excluding hydrogens is 320 g/mol. The lowest BCUT2D eigenvalue weighted by Crippen LogP contribution is -3.11. The minimum atomic E-state index is 0.0324. The Morgan fingerprint density at radius 3 is 2.36 bits per heavy atom. The summed E-state index contributed by atoms with van der Waals surface area (Å²) < 4.78 is 0. The van der Waals surface area contributed by atoms with Crippen LogP contribution >= 0.6 is 0 Å². The molecule has 1 saturated carbocycles. The number of phenols is 1. The van der Waals surface area contributed by atoms with Gasteiger partial charge in [-0.3, -0.25) is 9.59 Å². The highest BCUT2D eigenvalue weighted by Gasteiger charge is 2.27. The van der Waals surface area contributed by atoms with Gasteiger partial charge in [0.05, 0.1) is 7.05 Å². The molecule has 1 atom stereocenters. The van der Waals surface area contributed by atoms with Gasteiger partial charge in [0, 0.05) is 37.9 Å². The molecule has 1 saturated heterocycles. The van der Waals surface area contributed by atoms with Crippen molar-refractivity contribution in [2.75, 3.05) is 51.2 Å². The number of piperazine rings is 1. The number of anilines is 1. The van der Waals surface area contributed by atoms with Crippen LogP contribution in [0.15, 0.2) is 24.3 Å². The summed E-state index contributed by atoms with van der Waals surface area (Å²) in [6.07, 6.45) is 2.16. The molecule has 1 heterocycles. The zero-order valence-electron chi connectivity index (χ0n) is 14.7. The molecule has 1 aromatic rings. The molecule has 1 unspecified atom stereocenters. The van der Waals surface area contributed by atoms with Gasteiger partial charge in [-0.05, 0) is 37.1 Å². The number of benzene rings is 1. The second kappa shape index (κ2) is 7.74. The highest BCUT2D eigenvalue weighted by Crippen LogP contribution is 2.20. The molecule has 0 aromatic heterocycles. The first kappa shape index (κ1) is 17.5. The zero-order chi connectivity index (χ0) is 17.8. The van der Waals surface area contributed by atoms with Gasteiger partial charge in [0.25, 0.3) is 11.8 Å². The lowest BCUT2D eigenvalue weighted by atomic mass is 10.2. The van der Waals surface area contributed by atoms with Crippen LogP contribution in [-0.4, -0.2) is 74.2 Å². The summed E-state index contributed by atoms with van der Waals surface area (Å²) >= 11 is 0. The third kappa shape index (κ3) is 5.09. The number of quaternary nitrogens is 1. The van der Waals surface area contributed by atoms with Crippen molar-refractivity contribution >= 4 is 17.5 Å². The third-order valence-corrected chi connectivity index (χ3v) is 4.71. The highest BCUT2D eigenvalue weighted by molar-refractivity contribution is 5.79. The molecule has 1 aliphatic carbocycles. The summed E-state index contributed by atoms with van der Waals surface area (Å²) in [7, 11) is 1.89. The molecule has 25 heavy (non-hydrogen) atoms. The minimum Gasteiger partial charge on any atom is -0.508 e. The van der Waals surface area contributed by atoms with E-state index in [0.717, 1.165) is 36.5 Å². The number of rotatable bonds is 6. The Hall–Kier alpha value is -2.28. The second-order valence-electron chi connectivity index (χ2n) is 7.04. The van der Waals surface area contributed by atoms with E-state index >= 15 is 0 Å². The maximum atomic E-state index is 12.4. The summed E-state index contributed by atoms with van der Waals surface area (Å²) in [4.78, 5) is 29.2. The first-order chi connectivity index (χ1) is 12.0. The van der Waals surface area contributed by atoms with Crippen LogP contribution in [0.1, 0.15) is 12.8 Å². The van der Waals surface area contributed by atoms with E-state index in [9.17, 15) is 14.7 Å². The van der Waals surface area contributed by atoms with Crippen LogP contribution in [0.2, 0.25) is 0 Å². The molecule has 3 N–H and O–H groups in total. The van der Waals surface area contributed by atoms with Crippen LogP contribution in [0.3, 0.4) is 0 Å². The minimum absolute atomic E-state index is 0.0324. The number of phenolic OH excluding ortho intramolecular Hbond substituents is 1. The van der Waals surface area contributed by atoms with E-state index in [2.05, 4.69) is 10.2 Å². The number of carbonyl (C=O) groups is 2. The zero-order valence-corrected chi connectivity index (χ0v) is 14.7. The average molecular weight is 347 g/mol. The molecule has 0 radical (unpaired) electrons. The smallest absolute Gasteiger partial charge is 0.277 e. The quantitative estimate of drug-likeness (QED) is 0.606. The summed E-state index contributed by atoms with van der Waals surface area (Å²) in [6.45, 7) is 3.60. The largest absolute Gasteiger partial charge is 0.508 e. The van der Waals surface area contributed by atoms with Crippen LogP contribution in [0.5, 0.6) is 5.75 Å². The molecule has 0 spiro atoms. The normalized spacial score (nSPS) is 18.8. The third-order valence-electron chi connectivity index (χ3n) is 4.71. The molecule has 7 heteroatoms. The molecule has 2 aliphatic rings. The highest BCUT2D eigenvalue weighted by atomic mass is 16.3. The summed E-state index contributed by atoms with van der Waals surface area (Å²) in [5, 5.41) is 12.3. The number of hydrogen-bond acceptors (Lipinski definition) is 4. The molecule has 7 nitrogen and oxygen atoms in total. The Bertz CT molecular complexity index is 607. The van der Waals surface area contributed by atoms with E-state index in [0.29, 0.717) is 32.2 Å². The predicted octanol–water partition coefficient (Wildman–Crippen LogP) is -1.17. The van der Waals surface area contributed by atoms with Crippen LogP contribution in [0.25, 0.3) is 0 Å². The lowest BCUT2D eigenvalue weighted by molar-refractivity contribution is -0.863. The number of hydrogen-bond donors (Lipinski definition) is 3. The molecule has 2 fully saturated rings. The fourth-order valence-corrected chi connectivity index (χ4v) is 3.09. The van der Waals surface area contributed by atoms with Gasteiger partial charge in [0.1, 0.15) is 5.75 Å².